The van der Waals surface area contributed by atoms with Crippen molar-refractivity contribution in [1.29, 1.82) is 0 Å². The van der Waals surface area contributed by atoms with Crippen LogP contribution in [0.1, 0.15) is 20.8 Å². The van der Waals surface area contributed by atoms with Crippen LogP contribution in [-0.4, -0.2) is 51.1 Å². The van der Waals surface area contributed by atoms with E-state index >= 15 is 0 Å². The number of nitrogens with zero attached hydrogens (tertiary/aromatic N) is 1. The molecule has 0 fully saturated rings. The van der Waals surface area contributed by atoms with E-state index in [2.05, 4.69) is 0 Å². The van der Waals surface area contributed by atoms with E-state index in [-0.39, 0.29) is 22.3 Å². The monoisotopic (exact) mass is 470 g/mol. The van der Waals surface area contributed by atoms with Gasteiger partial charge >= 0.3 is 0 Å². The van der Waals surface area contributed by atoms with E-state index in [1.807, 2.05) is 0 Å². The number of carbonyl (C=O) groups is 1. The molecule has 0 aliphatic carbocycles. The first kappa shape index (κ1) is 24.8. The number of sulfone groups is 1. The highest BCUT2D eigenvalue weighted by Crippen LogP contribution is 2.27. The van der Waals surface area contributed by atoms with E-state index in [0.29, 0.717) is 11.5 Å². The van der Waals surface area contributed by atoms with Gasteiger partial charge in [-0.25, -0.2) is 22.3 Å². The molecule has 170 valence electrons. The van der Waals surface area contributed by atoms with Gasteiger partial charge in [0.15, 0.2) is 9.84 Å². The van der Waals surface area contributed by atoms with E-state index in [4.69, 9.17) is 9.94 Å². The average Bonchev–Trinajstić information content (AvgIpc) is 2.71. The van der Waals surface area contributed by atoms with Gasteiger partial charge in [-0.3, -0.25) is 10.0 Å². The molecule has 0 heterocycles. The van der Waals surface area contributed by atoms with Gasteiger partial charge in [-0.1, -0.05) is 20.8 Å². The summed E-state index contributed by atoms with van der Waals surface area (Å²) in [6.07, 6.45) is 1.11. The summed E-state index contributed by atoms with van der Waals surface area (Å²) in [5.41, 5.74) is 1.53. The molecule has 2 N–H and O–H groups in total. The van der Waals surface area contributed by atoms with Crippen LogP contribution in [0.2, 0.25) is 0 Å². The van der Waals surface area contributed by atoms with Crippen LogP contribution in [0.3, 0.4) is 0 Å². The number of amides is 1. The van der Waals surface area contributed by atoms with Gasteiger partial charge in [-0.2, -0.15) is 4.31 Å². The predicted molar refractivity (Wildman–Crippen MR) is 114 cm³/mol. The Bertz CT molecular complexity index is 1110. The molecular formula is C20H26N2O7S2. The smallest absolute Gasteiger partial charge is 0.262 e. The second kappa shape index (κ2) is 9.77. The molecule has 1 amide bonds. The molecule has 2 aromatic rings. The zero-order chi connectivity index (χ0) is 23.4. The van der Waals surface area contributed by atoms with E-state index in [9.17, 15) is 21.6 Å². The molecule has 0 aliphatic heterocycles. The van der Waals surface area contributed by atoms with Gasteiger partial charge in [0, 0.05) is 12.8 Å². The first-order valence-corrected chi connectivity index (χ1v) is 12.8. The maximum Gasteiger partial charge on any atom is 0.262 e. The van der Waals surface area contributed by atoms with Gasteiger partial charge in [0.05, 0.1) is 9.79 Å². The minimum absolute atomic E-state index is 0.0313. The summed E-state index contributed by atoms with van der Waals surface area (Å²) in [6, 6.07) is 10.4. The van der Waals surface area contributed by atoms with Crippen LogP contribution in [0.25, 0.3) is 0 Å². The number of sulfonamides is 1. The van der Waals surface area contributed by atoms with Crippen LogP contribution in [0, 0.1) is 5.92 Å². The summed E-state index contributed by atoms with van der Waals surface area (Å²) in [5, 5.41) is 9.00. The normalized spacial score (nSPS) is 13.3. The van der Waals surface area contributed by atoms with Crippen molar-refractivity contribution in [2.24, 2.45) is 5.92 Å². The number of likely N-dealkylation sites (N-methyl/N-ethyl adjacent to an activating group) is 1. The van der Waals surface area contributed by atoms with Crippen LogP contribution < -0.4 is 10.2 Å². The van der Waals surface area contributed by atoms with Crippen molar-refractivity contribution >= 4 is 25.8 Å². The van der Waals surface area contributed by atoms with E-state index < -0.39 is 31.8 Å². The van der Waals surface area contributed by atoms with Crippen molar-refractivity contribution in [2.75, 3.05) is 12.8 Å². The summed E-state index contributed by atoms with van der Waals surface area (Å²) >= 11 is 0. The van der Waals surface area contributed by atoms with Gasteiger partial charge in [0.25, 0.3) is 5.91 Å². The molecule has 1 atom stereocenters. The number of carbonyl (C=O) groups excluding carboxylic acids is 1. The highest BCUT2D eigenvalue weighted by atomic mass is 32.2. The summed E-state index contributed by atoms with van der Waals surface area (Å²) in [7, 11) is -7.34. The fourth-order valence-electron chi connectivity index (χ4n) is 3.05. The molecule has 31 heavy (non-hydrogen) atoms. The quantitative estimate of drug-likeness (QED) is 0.425. The minimum Gasteiger partial charge on any atom is -0.457 e. The third kappa shape index (κ3) is 5.82. The summed E-state index contributed by atoms with van der Waals surface area (Å²) in [6.45, 7) is 5.01. The molecule has 9 nitrogen and oxygen atoms in total. The third-order valence-electron chi connectivity index (χ3n) is 4.55. The summed E-state index contributed by atoms with van der Waals surface area (Å²) in [5.74, 6) is -0.447. The Morgan fingerprint density at radius 1 is 0.968 bits per heavy atom. The predicted octanol–water partition coefficient (Wildman–Crippen LogP) is 2.42. The number of nitrogens with one attached hydrogen (secondary N) is 1. The molecule has 2 rings (SSSR count). The van der Waals surface area contributed by atoms with E-state index in [0.717, 1.165) is 10.6 Å². The molecular weight excluding hydrogens is 444 g/mol. The molecule has 0 aliphatic rings. The minimum atomic E-state index is -4.02. The molecule has 2 aromatic carbocycles. The fraction of sp³-hybridized carbons (Fsp3) is 0.350. The van der Waals surface area contributed by atoms with Crippen LogP contribution in [0.5, 0.6) is 11.5 Å². The maximum absolute atomic E-state index is 13.1. The van der Waals surface area contributed by atoms with Crippen LogP contribution in [0.15, 0.2) is 58.3 Å². The average molecular weight is 471 g/mol. The van der Waals surface area contributed by atoms with Crippen molar-refractivity contribution in [2.45, 2.75) is 36.6 Å². The lowest BCUT2D eigenvalue weighted by Gasteiger charge is -2.30. The maximum atomic E-state index is 13.1. The largest absolute Gasteiger partial charge is 0.457 e. The first-order chi connectivity index (χ1) is 14.4. The molecule has 0 aromatic heterocycles. The first-order valence-electron chi connectivity index (χ1n) is 9.45. The van der Waals surface area contributed by atoms with Crippen molar-refractivity contribution in [3.05, 3.63) is 48.5 Å². The molecule has 0 spiro atoms. The highest BCUT2D eigenvalue weighted by Gasteiger charge is 2.36. The van der Waals surface area contributed by atoms with Crippen molar-refractivity contribution in [3.63, 3.8) is 0 Å². The Hall–Kier alpha value is -2.47. The SMILES string of the molecule is CCN(C(C(=O)NO)C(C)C)S(=O)(=O)c1ccc(Oc2ccc(S(C)(=O)=O)cc2)cc1. The number of hydroxylamine groups is 1. The van der Waals surface area contributed by atoms with Crippen LogP contribution >= 0.6 is 0 Å². The molecule has 0 radical (unpaired) electrons. The Kier molecular flexibility index (Phi) is 7.82. The standard InChI is InChI=1S/C20H26N2O7S2/c1-5-22(19(14(2)3)20(23)21-24)31(27,28)18-12-8-16(9-13-18)29-15-6-10-17(11-7-15)30(4,25)26/h6-14,19,24H,5H2,1-4H3,(H,21,23). The Morgan fingerprint density at radius 3 is 1.77 bits per heavy atom. The Balaban J connectivity index is 2.27. The van der Waals surface area contributed by atoms with Gasteiger partial charge in [-0.15, -0.1) is 0 Å². The second-order valence-electron chi connectivity index (χ2n) is 7.19. The van der Waals surface area contributed by atoms with Gasteiger partial charge in [-0.05, 0) is 54.4 Å². The Labute approximate surface area is 182 Å². The molecule has 0 saturated carbocycles. The number of ether oxygens (including phenoxy) is 1. The molecule has 1 unspecified atom stereocenters. The van der Waals surface area contributed by atoms with Crippen LogP contribution in [-0.2, 0) is 24.7 Å². The van der Waals surface area contributed by atoms with E-state index in [1.54, 1.807) is 20.8 Å². The number of rotatable bonds is 9. The molecule has 0 bridgehead atoms. The highest BCUT2D eigenvalue weighted by molar-refractivity contribution is 7.90. The molecule has 11 heteroatoms. The summed E-state index contributed by atoms with van der Waals surface area (Å²) < 4.78 is 55.9. The van der Waals surface area contributed by atoms with Crippen LogP contribution in [0.4, 0.5) is 0 Å². The second-order valence-corrected chi connectivity index (χ2v) is 11.1. The number of benzene rings is 2. The van der Waals surface area contributed by atoms with Gasteiger partial charge in [0.1, 0.15) is 17.5 Å². The van der Waals surface area contributed by atoms with E-state index in [1.165, 1.54) is 54.0 Å². The summed E-state index contributed by atoms with van der Waals surface area (Å²) in [4.78, 5) is 12.2. The third-order valence-corrected chi connectivity index (χ3v) is 7.65. The lowest BCUT2D eigenvalue weighted by molar-refractivity contribution is -0.134. The van der Waals surface area contributed by atoms with Gasteiger partial charge in [0.2, 0.25) is 10.0 Å². The lowest BCUT2D eigenvalue weighted by Crippen LogP contribution is -2.51. The van der Waals surface area contributed by atoms with Crippen molar-refractivity contribution in [3.8, 4) is 11.5 Å². The zero-order valence-electron chi connectivity index (χ0n) is 17.6. The zero-order valence-corrected chi connectivity index (χ0v) is 19.3. The lowest BCUT2D eigenvalue weighted by atomic mass is 10.0. The topological polar surface area (TPSA) is 130 Å². The molecule has 0 saturated heterocycles. The number of hydrogen-bond acceptors (Lipinski definition) is 7. The fourth-order valence-corrected chi connectivity index (χ4v) is 5.41. The van der Waals surface area contributed by atoms with Gasteiger partial charge < -0.3 is 4.74 Å². The Morgan fingerprint density at radius 2 is 1.42 bits per heavy atom. The number of hydrogen-bond donors (Lipinski definition) is 2. The van der Waals surface area contributed by atoms with Crippen molar-refractivity contribution < 1.29 is 31.6 Å². The van der Waals surface area contributed by atoms with Crippen molar-refractivity contribution in [1.82, 2.24) is 9.79 Å².